The summed E-state index contributed by atoms with van der Waals surface area (Å²) in [6, 6.07) is 15.1. The molecule has 0 saturated carbocycles. The molecule has 0 bridgehead atoms. The van der Waals surface area contributed by atoms with E-state index in [0.717, 1.165) is 11.3 Å². The number of nitrogens with zero attached hydrogens (tertiary/aromatic N) is 1. The lowest BCUT2D eigenvalue weighted by Gasteiger charge is -2.46. The van der Waals surface area contributed by atoms with Gasteiger partial charge in [-0.05, 0) is 36.8 Å². The summed E-state index contributed by atoms with van der Waals surface area (Å²) < 4.78 is 0. The number of rotatable bonds is 3. The van der Waals surface area contributed by atoms with Crippen molar-refractivity contribution in [3.63, 3.8) is 0 Å². The molecule has 0 aromatic heterocycles. The molecule has 3 rings (SSSR count). The first-order valence-electron chi connectivity index (χ1n) is 7.12. The van der Waals surface area contributed by atoms with Crippen LogP contribution >= 0.6 is 11.6 Å². The molecular weight excluding hydrogens is 296 g/mol. The van der Waals surface area contributed by atoms with E-state index in [-0.39, 0.29) is 5.91 Å². The maximum Gasteiger partial charge on any atom is 0.258 e. The second-order valence-corrected chi connectivity index (χ2v) is 5.89. The van der Waals surface area contributed by atoms with E-state index in [1.54, 1.807) is 11.0 Å². The van der Waals surface area contributed by atoms with E-state index in [2.05, 4.69) is 11.9 Å². The fourth-order valence-electron chi connectivity index (χ4n) is 2.85. The van der Waals surface area contributed by atoms with Crippen molar-refractivity contribution >= 4 is 23.2 Å². The number of benzene rings is 2. The van der Waals surface area contributed by atoms with Crippen molar-refractivity contribution in [3.05, 3.63) is 77.3 Å². The van der Waals surface area contributed by atoms with Crippen molar-refractivity contribution in [2.24, 2.45) is 0 Å². The van der Waals surface area contributed by atoms with Gasteiger partial charge in [0.05, 0.1) is 5.56 Å². The summed E-state index contributed by atoms with van der Waals surface area (Å²) in [7, 11) is 0. The van der Waals surface area contributed by atoms with Gasteiger partial charge in [0.15, 0.2) is 0 Å². The van der Waals surface area contributed by atoms with Crippen LogP contribution in [-0.4, -0.2) is 17.4 Å². The van der Waals surface area contributed by atoms with Crippen LogP contribution in [0.3, 0.4) is 0 Å². The van der Waals surface area contributed by atoms with Gasteiger partial charge in [0.25, 0.3) is 5.91 Å². The van der Waals surface area contributed by atoms with Crippen LogP contribution in [0.4, 0.5) is 5.69 Å². The van der Waals surface area contributed by atoms with Crippen LogP contribution in [0.1, 0.15) is 22.8 Å². The summed E-state index contributed by atoms with van der Waals surface area (Å²) in [5.74, 6) is -0.00769. The minimum atomic E-state index is -0.649. The first-order chi connectivity index (χ1) is 10.6. The molecule has 1 N–H and O–H groups in total. The number of hydrogen-bond donors (Lipinski definition) is 1. The lowest BCUT2D eigenvalue weighted by atomic mass is 9.93. The SMILES string of the molecule is C=CCN1C(=O)c2ccccc2NC1(C)c1ccc(Cl)cc1. The van der Waals surface area contributed by atoms with Crippen molar-refractivity contribution in [1.29, 1.82) is 0 Å². The van der Waals surface area contributed by atoms with E-state index < -0.39 is 5.66 Å². The minimum absolute atomic E-state index is 0.00769. The topological polar surface area (TPSA) is 32.3 Å². The van der Waals surface area contributed by atoms with Crippen molar-refractivity contribution in [2.75, 3.05) is 11.9 Å². The van der Waals surface area contributed by atoms with E-state index in [9.17, 15) is 4.79 Å². The summed E-state index contributed by atoms with van der Waals surface area (Å²) in [4.78, 5) is 14.7. The Bertz CT molecular complexity index is 726. The number of hydrogen-bond acceptors (Lipinski definition) is 2. The average Bonchev–Trinajstić information content (AvgIpc) is 2.52. The van der Waals surface area contributed by atoms with E-state index in [0.29, 0.717) is 17.1 Å². The van der Waals surface area contributed by atoms with Gasteiger partial charge in [-0.2, -0.15) is 0 Å². The van der Waals surface area contributed by atoms with Crippen molar-refractivity contribution in [1.82, 2.24) is 4.90 Å². The van der Waals surface area contributed by atoms with Crippen LogP contribution in [0.5, 0.6) is 0 Å². The Hall–Kier alpha value is -2.26. The Morgan fingerprint density at radius 1 is 1.23 bits per heavy atom. The molecule has 2 aromatic rings. The molecule has 1 atom stereocenters. The molecular formula is C18H17ClN2O. The van der Waals surface area contributed by atoms with Crippen molar-refractivity contribution < 1.29 is 4.79 Å². The first kappa shape index (κ1) is 14.7. The predicted molar refractivity (Wildman–Crippen MR) is 90.1 cm³/mol. The molecule has 0 fully saturated rings. The molecule has 0 saturated heterocycles. The minimum Gasteiger partial charge on any atom is -0.358 e. The molecule has 0 aliphatic carbocycles. The third-order valence-electron chi connectivity index (χ3n) is 4.04. The molecule has 0 radical (unpaired) electrons. The Morgan fingerprint density at radius 2 is 1.91 bits per heavy atom. The van der Waals surface area contributed by atoms with Gasteiger partial charge in [0.2, 0.25) is 0 Å². The van der Waals surface area contributed by atoms with E-state index in [4.69, 9.17) is 11.6 Å². The van der Waals surface area contributed by atoms with Gasteiger partial charge in [0, 0.05) is 17.3 Å². The largest absolute Gasteiger partial charge is 0.358 e. The number of para-hydroxylation sites is 1. The molecule has 22 heavy (non-hydrogen) atoms. The van der Waals surface area contributed by atoms with Gasteiger partial charge in [0.1, 0.15) is 5.66 Å². The zero-order valence-electron chi connectivity index (χ0n) is 12.3. The zero-order valence-corrected chi connectivity index (χ0v) is 13.1. The van der Waals surface area contributed by atoms with Gasteiger partial charge >= 0.3 is 0 Å². The maximum atomic E-state index is 12.9. The lowest BCUT2D eigenvalue weighted by molar-refractivity contribution is 0.0572. The fourth-order valence-corrected chi connectivity index (χ4v) is 2.98. The Kier molecular flexibility index (Phi) is 3.67. The molecule has 1 unspecified atom stereocenters. The Balaban J connectivity index is 2.14. The highest BCUT2D eigenvalue weighted by Crippen LogP contribution is 2.37. The van der Waals surface area contributed by atoms with Crippen LogP contribution in [0.25, 0.3) is 0 Å². The molecule has 0 spiro atoms. The van der Waals surface area contributed by atoms with E-state index in [1.807, 2.05) is 55.5 Å². The molecule has 1 aliphatic heterocycles. The number of amides is 1. The Labute approximate surface area is 135 Å². The predicted octanol–water partition coefficient (Wildman–Crippen LogP) is 4.27. The van der Waals surface area contributed by atoms with Gasteiger partial charge in [-0.3, -0.25) is 4.79 Å². The molecule has 1 amide bonds. The van der Waals surface area contributed by atoms with E-state index >= 15 is 0 Å². The summed E-state index contributed by atoms with van der Waals surface area (Å²) in [5, 5.41) is 4.16. The summed E-state index contributed by atoms with van der Waals surface area (Å²) >= 11 is 5.99. The number of nitrogens with one attached hydrogen (secondary N) is 1. The third-order valence-corrected chi connectivity index (χ3v) is 4.29. The highest BCUT2D eigenvalue weighted by atomic mass is 35.5. The smallest absolute Gasteiger partial charge is 0.258 e. The Morgan fingerprint density at radius 3 is 2.59 bits per heavy atom. The van der Waals surface area contributed by atoms with Crippen molar-refractivity contribution in [3.8, 4) is 0 Å². The van der Waals surface area contributed by atoms with Gasteiger partial charge in [-0.25, -0.2) is 0 Å². The van der Waals surface area contributed by atoms with Gasteiger partial charge in [-0.1, -0.05) is 41.9 Å². The highest BCUT2D eigenvalue weighted by molar-refractivity contribution is 6.30. The normalized spacial score (nSPS) is 20.3. The number of carbonyl (C=O) groups excluding carboxylic acids is 1. The van der Waals surface area contributed by atoms with Crippen molar-refractivity contribution in [2.45, 2.75) is 12.6 Å². The number of halogens is 1. The monoisotopic (exact) mass is 312 g/mol. The summed E-state index contributed by atoms with van der Waals surface area (Å²) in [5.41, 5.74) is 1.84. The first-order valence-corrected chi connectivity index (χ1v) is 7.50. The number of carbonyl (C=O) groups is 1. The van der Waals surface area contributed by atoms with E-state index in [1.165, 1.54) is 0 Å². The standard InChI is InChI=1S/C18H17ClN2O/c1-3-12-21-17(22)15-6-4-5-7-16(15)20-18(21,2)13-8-10-14(19)11-9-13/h3-11,20H,1,12H2,2H3. The van der Waals surface area contributed by atoms with Crippen LogP contribution < -0.4 is 5.32 Å². The number of anilines is 1. The van der Waals surface area contributed by atoms with Crippen LogP contribution in [0.15, 0.2) is 61.2 Å². The second kappa shape index (κ2) is 5.50. The molecule has 1 heterocycles. The van der Waals surface area contributed by atoms with Crippen LogP contribution in [-0.2, 0) is 5.66 Å². The van der Waals surface area contributed by atoms with Gasteiger partial charge in [-0.15, -0.1) is 6.58 Å². The maximum absolute atomic E-state index is 12.9. The highest BCUT2D eigenvalue weighted by Gasteiger charge is 2.41. The molecule has 4 heteroatoms. The lowest BCUT2D eigenvalue weighted by Crippen LogP contribution is -2.55. The number of fused-ring (bicyclic) bond motifs is 1. The molecule has 2 aromatic carbocycles. The third kappa shape index (κ3) is 2.28. The second-order valence-electron chi connectivity index (χ2n) is 5.45. The summed E-state index contributed by atoms with van der Waals surface area (Å²) in [6.45, 7) is 6.23. The average molecular weight is 313 g/mol. The molecule has 3 nitrogen and oxygen atoms in total. The van der Waals surface area contributed by atoms with Crippen LogP contribution in [0, 0.1) is 0 Å². The zero-order chi connectivity index (χ0) is 15.7. The molecule has 1 aliphatic rings. The van der Waals surface area contributed by atoms with Crippen LogP contribution in [0.2, 0.25) is 5.02 Å². The summed E-state index contributed by atoms with van der Waals surface area (Å²) in [6.07, 6.45) is 1.74. The quantitative estimate of drug-likeness (QED) is 0.859. The molecule has 112 valence electrons. The fraction of sp³-hybridized carbons (Fsp3) is 0.167. The van der Waals surface area contributed by atoms with Gasteiger partial charge < -0.3 is 10.2 Å².